The van der Waals surface area contributed by atoms with Gasteiger partial charge in [-0.3, -0.25) is 0 Å². The molecule has 1 heterocycles. The second-order valence-corrected chi connectivity index (χ2v) is 7.47. The number of halogens is 2. The molecule has 0 saturated carbocycles. The lowest BCUT2D eigenvalue weighted by atomic mass is 10.1. The molecule has 0 aliphatic carbocycles. The summed E-state index contributed by atoms with van der Waals surface area (Å²) in [5.74, 6) is -0.895. The first kappa shape index (κ1) is 17.5. The van der Waals surface area contributed by atoms with Gasteiger partial charge in [0.25, 0.3) is 0 Å². The lowest BCUT2D eigenvalue weighted by Crippen LogP contribution is -2.27. The molecule has 3 aromatic rings. The van der Waals surface area contributed by atoms with Crippen molar-refractivity contribution in [1.82, 2.24) is 19.5 Å². The van der Waals surface area contributed by atoms with Crippen LogP contribution in [0.5, 0.6) is 0 Å². The number of benzene rings is 2. The Bertz CT molecular complexity index is 976. The SMILES string of the molecule is CC(NS(=O)(=O)c1ccc(Cl)cc1F)c1ccc(-n2cncn2)cc1. The molecule has 2 aromatic carbocycles. The summed E-state index contributed by atoms with van der Waals surface area (Å²) in [4.78, 5) is 3.43. The molecule has 0 amide bonds. The van der Waals surface area contributed by atoms with Crippen LogP contribution in [0.4, 0.5) is 4.39 Å². The minimum absolute atomic E-state index is 0.133. The summed E-state index contributed by atoms with van der Waals surface area (Å²) in [5, 5.41) is 4.15. The number of nitrogens with one attached hydrogen (secondary N) is 1. The Morgan fingerprint density at radius 3 is 2.52 bits per heavy atom. The molecule has 0 saturated heterocycles. The van der Waals surface area contributed by atoms with E-state index in [1.165, 1.54) is 12.4 Å². The highest BCUT2D eigenvalue weighted by atomic mass is 35.5. The highest BCUT2D eigenvalue weighted by Gasteiger charge is 2.22. The number of hydrogen-bond donors (Lipinski definition) is 1. The summed E-state index contributed by atoms with van der Waals surface area (Å²) in [6, 6.07) is 10.00. The molecular weight excluding hydrogens is 367 g/mol. The fourth-order valence-corrected chi connectivity index (χ4v) is 3.76. The van der Waals surface area contributed by atoms with E-state index in [1.54, 1.807) is 42.2 Å². The molecule has 25 heavy (non-hydrogen) atoms. The first-order valence-electron chi connectivity index (χ1n) is 7.29. The average Bonchev–Trinajstić information content (AvgIpc) is 3.08. The fourth-order valence-electron chi connectivity index (χ4n) is 2.31. The van der Waals surface area contributed by atoms with Gasteiger partial charge in [0.05, 0.1) is 5.69 Å². The number of sulfonamides is 1. The van der Waals surface area contributed by atoms with E-state index in [4.69, 9.17) is 11.6 Å². The number of nitrogens with zero attached hydrogens (tertiary/aromatic N) is 3. The van der Waals surface area contributed by atoms with Crippen molar-refractivity contribution in [2.45, 2.75) is 17.9 Å². The van der Waals surface area contributed by atoms with E-state index in [0.29, 0.717) is 0 Å². The molecule has 9 heteroatoms. The smallest absolute Gasteiger partial charge is 0.223 e. The van der Waals surface area contributed by atoms with Gasteiger partial charge in [-0.2, -0.15) is 5.10 Å². The fraction of sp³-hybridized carbons (Fsp3) is 0.125. The lowest BCUT2D eigenvalue weighted by molar-refractivity contribution is 0.547. The second kappa shape index (κ2) is 6.91. The van der Waals surface area contributed by atoms with E-state index in [-0.39, 0.29) is 5.02 Å². The maximum Gasteiger partial charge on any atom is 0.244 e. The molecule has 6 nitrogen and oxygen atoms in total. The molecule has 0 spiro atoms. The maximum atomic E-state index is 13.9. The monoisotopic (exact) mass is 380 g/mol. The molecule has 1 N–H and O–H groups in total. The van der Waals surface area contributed by atoms with Crippen LogP contribution in [0, 0.1) is 5.82 Å². The van der Waals surface area contributed by atoms with Crippen LogP contribution in [-0.2, 0) is 10.0 Å². The van der Waals surface area contributed by atoms with Crippen LogP contribution >= 0.6 is 11.6 Å². The summed E-state index contributed by atoms with van der Waals surface area (Å²) in [6.07, 6.45) is 2.98. The van der Waals surface area contributed by atoms with Gasteiger partial charge in [-0.1, -0.05) is 23.7 Å². The molecule has 0 bridgehead atoms. The third-order valence-corrected chi connectivity index (χ3v) is 5.40. The Labute approximate surface area is 149 Å². The first-order valence-corrected chi connectivity index (χ1v) is 9.15. The minimum atomic E-state index is -4.02. The van der Waals surface area contributed by atoms with E-state index in [1.807, 2.05) is 0 Å². The number of rotatable bonds is 5. The third kappa shape index (κ3) is 3.87. The van der Waals surface area contributed by atoms with Crippen LogP contribution < -0.4 is 4.72 Å². The molecule has 0 aliphatic rings. The van der Waals surface area contributed by atoms with E-state index < -0.39 is 26.8 Å². The van der Waals surface area contributed by atoms with Gasteiger partial charge in [0.2, 0.25) is 10.0 Å². The number of aromatic nitrogens is 3. The zero-order valence-corrected chi connectivity index (χ0v) is 14.7. The van der Waals surface area contributed by atoms with E-state index in [9.17, 15) is 12.8 Å². The molecule has 1 unspecified atom stereocenters. The largest absolute Gasteiger partial charge is 0.244 e. The summed E-state index contributed by atoms with van der Waals surface area (Å²) in [7, 11) is -4.02. The van der Waals surface area contributed by atoms with Crippen LogP contribution in [-0.4, -0.2) is 23.2 Å². The molecule has 1 aromatic heterocycles. The predicted molar refractivity (Wildman–Crippen MR) is 91.5 cm³/mol. The van der Waals surface area contributed by atoms with Gasteiger partial charge in [0.15, 0.2) is 0 Å². The molecule has 1 atom stereocenters. The third-order valence-electron chi connectivity index (χ3n) is 3.59. The molecule has 0 aliphatic heterocycles. The van der Waals surface area contributed by atoms with Crippen molar-refractivity contribution in [1.29, 1.82) is 0 Å². The topological polar surface area (TPSA) is 76.9 Å². The summed E-state index contributed by atoms with van der Waals surface area (Å²) < 4.78 is 42.7. The number of hydrogen-bond acceptors (Lipinski definition) is 4. The lowest BCUT2D eigenvalue weighted by Gasteiger charge is -2.15. The van der Waals surface area contributed by atoms with Crippen molar-refractivity contribution in [3.63, 3.8) is 0 Å². The van der Waals surface area contributed by atoms with Crippen molar-refractivity contribution in [3.05, 3.63) is 71.5 Å². The molecule has 130 valence electrons. The first-order chi connectivity index (χ1) is 11.9. The maximum absolute atomic E-state index is 13.9. The van der Waals surface area contributed by atoms with Crippen molar-refractivity contribution in [2.75, 3.05) is 0 Å². The highest BCUT2D eigenvalue weighted by molar-refractivity contribution is 7.89. The molecular formula is C16H14ClFN4O2S. The van der Waals surface area contributed by atoms with Gasteiger partial charge >= 0.3 is 0 Å². The summed E-state index contributed by atoms with van der Waals surface area (Å²) >= 11 is 5.66. The van der Waals surface area contributed by atoms with Crippen molar-refractivity contribution < 1.29 is 12.8 Å². The Balaban J connectivity index is 1.80. The zero-order chi connectivity index (χ0) is 18.0. The van der Waals surface area contributed by atoms with E-state index in [2.05, 4.69) is 14.8 Å². The molecule has 0 fully saturated rings. The predicted octanol–water partition coefficient (Wildman–Crippen LogP) is 3.10. The second-order valence-electron chi connectivity index (χ2n) is 5.35. The molecule has 3 rings (SSSR count). The van der Waals surface area contributed by atoms with Crippen LogP contribution in [0.1, 0.15) is 18.5 Å². The normalized spacial score (nSPS) is 12.9. The zero-order valence-electron chi connectivity index (χ0n) is 13.1. The minimum Gasteiger partial charge on any atom is -0.223 e. The van der Waals surface area contributed by atoms with Crippen molar-refractivity contribution in [2.24, 2.45) is 0 Å². The van der Waals surface area contributed by atoms with E-state index in [0.717, 1.165) is 23.4 Å². The van der Waals surface area contributed by atoms with Crippen LogP contribution in [0.2, 0.25) is 5.02 Å². The van der Waals surface area contributed by atoms with Gasteiger partial charge in [-0.05, 0) is 42.8 Å². The average molecular weight is 381 g/mol. The Hall–Kier alpha value is -2.29. The van der Waals surface area contributed by atoms with Crippen molar-refractivity contribution >= 4 is 21.6 Å². The Morgan fingerprint density at radius 1 is 1.20 bits per heavy atom. The van der Waals surface area contributed by atoms with Crippen LogP contribution in [0.25, 0.3) is 5.69 Å². The van der Waals surface area contributed by atoms with Gasteiger partial charge < -0.3 is 0 Å². The van der Waals surface area contributed by atoms with Gasteiger partial charge in [-0.15, -0.1) is 0 Å². The van der Waals surface area contributed by atoms with Crippen LogP contribution in [0.15, 0.2) is 60.0 Å². The van der Waals surface area contributed by atoms with Crippen LogP contribution in [0.3, 0.4) is 0 Å². The quantitative estimate of drug-likeness (QED) is 0.737. The van der Waals surface area contributed by atoms with Gasteiger partial charge in [-0.25, -0.2) is 27.2 Å². The van der Waals surface area contributed by atoms with Gasteiger partial charge in [0, 0.05) is 11.1 Å². The standard InChI is InChI=1S/C16H14ClFN4O2S/c1-11(12-2-5-14(6-3-12)22-10-19-9-20-22)21-25(23,24)16-7-4-13(17)8-15(16)18/h2-11,21H,1H3. The molecule has 0 radical (unpaired) electrons. The summed E-state index contributed by atoms with van der Waals surface area (Å²) in [6.45, 7) is 1.68. The Kier molecular flexibility index (Phi) is 4.85. The van der Waals surface area contributed by atoms with Gasteiger partial charge in [0.1, 0.15) is 23.4 Å². The summed E-state index contributed by atoms with van der Waals surface area (Å²) in [5.41, 5.74) is 1.52. The highest BCUT2D eigenvalue weighted by Crippen LogP contribution is 2.22. The van der Waals surface area contributed by atoms with E-state index >= 15 is 0 Å². The van der Waals surface area contributed by atoms with Crippen molar-refractivity contribution in [3.8, 4) is 5.69 Å². The Morgan fingerprint density at radius 2 is 1.92 bits per heavy atom.